The van der Waals surface area contributed by atoms with Crippen molar-refractivity contribution < 1.29 is 5.11 Å². The van der Waals surface area contributed by atoms with Gasteiger partial charge in [-0.3, -0.25) is 0 Å². The lowest BCUT2D eigenvalue weighted by Crippen LogP contribution is -2.16. The smallest absolute Gasteiger partial charge is 0.159 e. The fourth-order valence-corrected chi connectivity index (χ4v) is 1.30. The largest absolute Gasteiger partial charge is 0.382 e. The molecule has 0 atom stereocenters. The molecule has 1 aliphatic rings. The Morgan fingerprint density at radius 1 is 1.58 bits per heavy atom. The number of hydrogen-bond donors (Lipinski definition) is 1. The molecule has 0 spiro atoms. The number of rotatable bonds is 2. The van der Waals surface area contributed by atoms with Gasteiger partial charge in [0.1, 0.15) is 11.9 Å². The zero-order chi connectivity index (χ0) is 8.77. The van der Waals surface area contributed by atoms with Crippen LogP contribution in [-0.4, -0.2) is 19.9 Å². The molecule has 1 aromatic rings. The van der Waals surface area contributed by atoms with Gasteiger partial charge in [0.05, 0.1) is 0 Å². The van der Waals surface area contributed by atoms with E-state index < -0.39 is 5.60 Å². The van der Waals surface area contributed by atoms with Crippen molar-refractivity contribution in [3.8, 4) is 0 Å². The van der Waals surface area contributed by atoms with Crippen LogP contribution in [0.2, 0.25) is 0 Å². The number of aromatic nitrogens is 3. The Balaban J connectivity index is 2.37. The average molecular weight is 167 g/mol. The van der Waals surface area contributed by atoms with Crippen LogP contribution in [0.1, 0.15) is 38.6 Å². The average Bonchev–Trinajstić information content (AvgIpc) is 2.61. The van der Waals surface area contributed by atoms with Crippen molar-refractivity contribution in [2.75, 3.05) is 0 Å². The Bertz CT molecular complexity index is 288. The Kier molecular flexibility index (Phi) is 1.48. The summed E-state index contributed by atoms with van der Waals surface area (Å²) in [5.41, 5.74) is -0.666. The van der Waals surface area contributed by atoms with Crippen LogP contribution in [0, 0.1) is 0 Å². The summed E-state index contributed by atoms with van der Waals surface area (Å²) in [5, 5.41) is 13.9. The highest BCUT2D eigenvalue weighted by Crippen LogP contribution is 2.44. The monoisotopic (exact) mass is 167 g/mol. The van der Waals surface area contributed by atoms with Crippen LogP contribution in [0.25, 0.3) is 0 Å². The van der Waals surface area contributed by atoms with Gasteiger partial charge in [-0.05, 0) is 26.7 Å². The summed E-state index contributed by atoms with van der Waals surface area (Å²) in [6.45, 7) is 4.06. The van der Waals surface area contributed by atoms with Crippen molar-refractivity contribution >= 4 is 0 Å². The topological polar surface area (TPSA) is 50.9 Å². The van der Waals surface area contributed by atoms with Gasteiger partial charge >= 0.3 is 0 Å². The first kappa shape index (κ1) is 7.73. The molecule has 1 saturated carbocycles. The molecule has 12 heavy (non-hydrogen) atoms. The van der Waals surface area contributed by atoms with E-state index in [-0.39, 0.29) is 6.04 Å². The molecule has 0 saturated heterocycles. The Morgan fingerprint density at radius 2 is 2.25 bits per heavy atom. The predicted octanol–water partition coefficient (Wildman–Crippen LogP) is 0.840. The van der Waals surface area contributed by atoms with Crippen molar-refractivity contribution in [3.05, 3.63) is 12.2 Å². The van der Waals surface area contributed by atoms with E-state index in [1.165, 1.54) is 6.33 Å². The third-order valence-corrected chi connectivity index (χ3v) is 2.20. The van der Waals surface area contributed by atoms with Gasteiger partial charge in [-0.15, -0.1) is 0 Å². The van der Waals surface area contributed by atoms with E-state index in [0.29, 0.717) is 0 Å². The SMILES string of the molecule is CC(C)n1ncnc1C1(O)CC1. The molecule has 0 aliphatic heterocycles. The molecule has 0 amide bonds. The Labute approximate surface area is 71.2 Å². The van der Waals surface area contributed by atoms with E-state index in [9.17, 15) is 5.11 Å². The van der Waals surface area contributed by atoms with Gasteiger partial charge in [0.25, 0.3) is 0 Å². The molecule has 66 valence electrons. The van der Waals surface area contributed by atoms with Crippen molar-refractivity contribution in [2.24, 2.45) is 0 Å². The van der Waals surface area contributed by atoms with Crippen molar-refractivity contribution in [1.29, 1.82) is 0 Å². The summed E-state index contributed by atoms with van der Waals surface area (Å²) in [7, 11) is 0. The van der Waals surface area contributed by atoms with E-state index >= 15 is 0 Å². The van der Waals surface area contributed by atoms with Crippen molar-refractivity contribution in [2.45, 2.75) is 38.3 Å². The highest BCUT2D eigenvalue weighted by atomic mass is 16.3. The van der Waals surface area contributed by atoms with E-state index in [4.69, 9.17) is 0 Å². The molecule has 1 fully saturated rings. The number of aliphatic hydroxyl groups is 1. The van der Waals surface area contributed by atoms with Gasteiger partial charge in [0, 0.05) is 6.04 Å². The fourth-order valence-electron chi connectivity index (χ4n) is 1.30. The molecule has 1 N–H and O–H groups in total. The zero-order valence-electron chi connectivity index (χ0n) is 7.36. The fraction of sp³-hybridized carbons (Fsp3) is 0.750. The maximum absolute atomic E-state index is 9.80. The van der Waals surface area contributed by atoms with E-state index in [1.54, 1.807) is 4.68 Å². The first-order chi connectivity index (χ1) is 5.63. The lowest BCUT2D eigenvalue weighted by Gasteiger charge is -2.12. The second-order valence-corrected chi connectivity index (χ2v) is 3.65. The van der Waals surface area contributed by atoms with Crippen LogP contribution in [-0.2, 0) is 5.60 Å². The molecule has 2 rings (SSSR count). The number of hydrogen-bond acceptors (Lipinski definition) is 3. The summed E-state index contributed by atoms with van der Waals surface area (Å²) in [6.07, 6.45) is 3.14. The third-order valence-electron chi connectivity index (χ3n) is 2.20. The summed E-state index contributed by atoms with van der Waals surface area (Å²) in [6, 6.07) is 0.270. The Hall–Kier alpha value is -0.900. The zero-order valence-corrected chi connectivity index (χ0v) is 7.36. The third kappa shape index (κ3) is 1.03. The molecule has 0 radical (unpaired) electrons. The first-order valence-corrected chi connectivity index (χ1v) is 4.26. The lowest BCUT2D eigenvalue weighted by atomic mass is 10.3. The molecule has 1 aliphatic carbocycles. The quantitative estimate of drug-likeness (QED) is 0.710. The highest BCUT2D eigenvalue weighted by Gasteiger charge is 2.46. The lowest BCUT2D eigenvalue weighted by molar-refractivity contribution is 0.132. The molecular weight excluding hydrogens is 154 g/mol. The number of nitrogens with zero attached hydrogens (tertiary/aromatic N) is 3. The van der Waals surface area contributed by atoms with Gasteiger partial charge in [-0.1, -0.05) is 0 Å². The maximum atomic E-state index is 9.80. The minimum Gasteiger partial charge on any atom is -0.382 e. The Morgan fingerprint density at radius 3 is 2.75 bits per heavy atom. The van der Waals surface area contributed by atoms with Gasteiger partial charge in [0.2, 0.25) is 0 Å². The van der Waals surface area contributed by atoms with Gasteiger partial charge in [-0.2, -0.15) is 5.10 Å². The van der Waals surface area contributed by atoms with Crippen LogP contribution < -0.4 is 0 Å². The van der Waals surface area contributed by atoms with E-state index in [2.05, 4.69) is 10.1 Å². The normalized spacial score (nSPS) is 20.0. The molecule has 0 unspecified atom stereocenters. The minimum absolute atomic E-state index is 0.270. The summed E-state index contributed by atoms with van der Waals surface area (Å²) >= 11 is 0. The molecule has 1 aromatic heterocycles. The van der Waals surface area contributed by atoms with Crippen molar-refractivity contribution in [3.63, 3.8) is 0 Å². The van der Waals surface area contributed by atoms with E-state index in [1.807, 2.05) is 13.8 Å². The van der Waals surface area contributed by atoms with Crippen LogP contribution in [0.5, 0.6) is 0 Å². The second-order valence-electron chi connectivity index (χ2n) is 3.65. The highest BCUT2D eigenvalue weighted by molar-refractivity contribution is 5.11. The minimum atomic E-state index is -0.666. The van der Waals surface area contributed by atoms with Gasteiger partial charge in [0.15, 0.2) is 5.82 Å². The molecule has 0 bridgehead atoms. The van der Waals surface area contributed by atoms with Crippen LogP contribution in [0.4, 0.5) is 0 Å². The first-order valence-electron chi connectivity index (χ1n) is 4.26. The summed E-state index contributed by atoms with van der Waals surface area (Å²) in [4.78, 5) is 4.07. The van der Waals surface area contributed by atoms with Gasteiger partial charge in [-0.25, -0.2) is 9.67 Å². The van der Waals surface area contributed by atoms with Crippen LogP contribution in [0.3, 0.4) is 0 Å². The maximum Gasteiger partial charge on any atom is 0.159 e. The van der Waals surface area contributed by atoms with Crippen molar-refractivity contribution in [1.82, 2.24) is 14.8 Å². The molecular formula is C8H13N3O. The molecule has 0 aromatic carbocycles. The van der Waals surface area contributed by atoms with Gasteiger partial charge < -0.3 is 5.11 Å². The molecule has 4 nitrogen and oxygen atoms in total. The summed E-state index contributed by atoms with van der Waals surface area (Å²) < 4.78 is 1.78. The summed E-state index contributed by atoms with van der Waals surface area (Å²) in [5.74, 6) is 0.720. The predicted molar refractivity (Wildman–Crippen MR) is 43.5 cm³/mol. The molecule has 4 heteroatoms. The van der Waals surface area contributed by atoms with Crippen LogP contribution >= 0.6 is 0 Å². The molecule has 1 heterocycles. The van der Waals surface area contributed by atoms with E-state index in [0.717, 1.165) is 18.7 Å². The second kappa shape index (κ2) is 2.29. The van der Waals surface area contributed by atoms with Crippen LogP contribution in [0.15, 0.2) is 6.33 Å². The standard InChI is InChI=1S/C8H13N3O/c1-6(2)11-7(9-5-10-11)8(12)3-4-8/h5-6,12H,3-4H2,1-2H3.